The molecule has 2 aromatic rings. The van der Waals surface area contributed by atoms with Gasteiger partial charge in [-0.3, -0.25) is 4.68 Å². The fourth-order valence-electron chi connectivity index (χ4n) is 1.89. The van der Waals surface area contributed by atoms with Crippen LogP contribution in [-0.4, -0.2) is 16.3 Å². The predicted octanol–water partition coefficient (Wildman–Crippen LogP) is 3.66. The van der Waals surface area contributed by atoms with Crippen LogP contribution in [0.2, 0.25) is 10.0 Å². The Hall–Kier alpha value is -1.03. The third kappa shape index (κ3) is 3.50. The first kappa shape index (κ1) is 14.4. The van der Waals surface area contributed by atoms with Gasteiger partial charge < -0.3 is 5.32 Å². The topological polar surface area (TPSA) is 29.9 Å². The van der Waals surface area contributed by atoms with Gasteiger partial charge in [-0.05, 0) is 31.2 Å². The van der Waals surface area contributed by atoms with Gasteiger partial charge in [-0.25, -0.2) is 0 Å². The Morgan fingerprint density at radius 1 is 1.26 bits per heavy atom. The van der Waals surface area contributed by atoms with Crippen LogP contribution in [0.1, 0.15) is 23.7 Å². The molecule has 0 bridgehead atoms. The van der Waals surface area contributed by atoms with Crippen molar-refractivity contribution in [1.29, 1.82) is 0 Å². The molecule has 0 radical (unpaired) electrons. The molecule has 0 saturated carbocycles. The van der Waals surface area contributed by atoms with Gasteiger partial charge in [0.15, 0.2) is 0 Å². The summed E-state index contributed by atoms with van der Waals surface area (Å²) in [6.45, 7) is 6.62. The Bertz CT molecular complexity index is 564. The maximum atomic E-state index is 6.18. The molecule has 19 heavy (non-hydrogen) atoms. The molecule has 5 heteroatoms. The first-order chi connectivity index (χ1) is 9.11. The van der Waals surface area contributed by atoms with Crippen LogP contribution in [0.4, 0.5) is 0 Å². The zero-order valence-corrected chi connectivity index (χ0v) is 12.6. The zero-order chi connectivity index (χ0) is 13.8. The van der Waals surface area contributed by atoms with Gasteiger partial charge in [0.25, 0.3) is 0 Å². The highest BCUT2D eigenvalue weighted by Crippen LogP contribution is 2.22. The van der Waals surface area contributed by atoms with Crippen LogP contribution in [0.15, 0.2) is 24.4 Å². The maximum absolute atomic E-state index is 6.18. The van der Waals surface area contributed by atoms with Crippen molar-refractivity contribution in [3.05, 3.63) is 51.3 Å². The van der Waals surface area contributed by atoms with Gasteiger partial charge in [0.1, 0.15) is 0 Å². The van der Waals surface area contributed by atoms with E-state index in [1.807, 2.05) is 23.0 Å². The third-order valence-corrected chi connectivity index (χ3v) is 3.69. The van der Waals surface area contributed by atoms with Crippen LogP contribution < -0.4 is 5.32 Å². The second kappa shape index (κ2) is 6.42. The molecule has 0 spiro atoms. The second-order valence-electron chi connectivity index (χ2n) is 4.43. The minimum atomic E-state index is 0.652. The molecule has 0 atom stereocenters. The Morgan fingerprint density at radius 3 is 2.74 bits per heavy atom. The number of halogens is 2. The lowest BCUT2D eigenvalue weighted by atomic mass is 10.2. The fourth-order valence-corrected chi connectivity index (χ4v) is 2.36. The monoisotopic (exact) mass is 297 g/mol. The van der Waals surface area contributed by atoms with Crippen LogP contribution >= 0.6 is 23.2 Å². The summed E-state index contributed by atoms with van der Waals surface area (Å²) in [5.74, 6) is 0. The van der Waals surface area contributed by atoms with E-state index < -0.39 is 0 Å². The van der Waals surface area contributed by atoms with Crippen LogP contribution in [0.3, 0.4) is 0 Å². The Labute approximate surface area is 123 Å². The molecule has 102 valence electrons. The lowest BCUT2D eigenvalue weighted by molar-refractivity contribution is 0.659. The van der Waals surface area contributed by atoms with E-state index in [0.717, 1.165) is 24.3 Å². The lowest BCUT2D eigenvalue weighted by Crippen LogP contribution is -2.12. The van der Waals surface area contributed by atoms with Gasteiger partial charge in [0, 0.05) is 27.8 Å². The molecule has 0 aliphatic heterocycles. The van der Waals surface area contributed by atoms with E-state index in [1.165, 1.54) is 5.56 Å². The van der Waals surface area contributed by atoms with Crippen molar-refractivity contribution < 1.29 is 0 Å². The van der Waals surface area contributed by atoms with Gasteiger partial charge in [-0.15, -0.1) is 0 Å². The number of hydrogen-bond donors (Lipinski definition) is 1. The highest BCUT2D eigenvalue weighted by Gasteiger charge is 2.08. The average Bonchev–Trinajstić information content (AvgIpc) is 2.72. The average molecular weight is 298 g/mol. The van der Waals surface area contributed by atoms with Gasteiger partial charge >= 0.3 is 0 Å². The molecule has 0 aliphatic rings. The summed E-state index contributed by atoms with van der Waals surface area (Å²) in [4.78, 5) is 0. The van der Waals surface area contributed by atoms with Crippen LogP contribution in [0.25, 0.3) is 0 Å². The first-order valence-electron chi connectivity index (χ1n) is 6.27. The van der Waals surface area contributed by atoms with Gasteiger partial charge in [0.2, 0.25) is 0 Å². The van der Waals surface area contributed by atoms with E-state index >= 15 is 0 Å². The number of benzene rings is 1. The normalized spacial score (nSPS) is 10.9. The molecule has 3 nitrogen and oxygen atoms in total. The zero-order valence-electron chi connectivity index (χ0n) is 11.1. The minimum absolute atomic E-state index is 0.652. The van der Waals surface area contributed by atoms with E-state index in [9.17, 15) is 0 Å². The summed E-state index contributed by atoms with van der Waals surface area (Å²) in [7, 11) is 0. The van der Waals surface area contributed by atoms with Crippen molar-refractivity contribution in [1.82, 2.24) is 15.1 Å². The van der Waals surface area contributed by atoms with Crippen molar-refractivity contribution in [3.8, 4) is 0 Å². The number of nitrogens with one attached hydrogen (secondary N) is 1. The molecule has 0 amide bonds. The molecule has 1 aromatic carbocycles. The summed E-state index contributed by atoms with van der Waals surface area (Å²) >= 11 is 12.1. The van der Waals surface area contributed by atoms with E-state index in [2.05, 4.69) is 24.3 Å². The minimum Gasteiger partial charge on any atom is -0.313 e. The smallest absolute Gasteiger partial charge is 0.0677 e. The van der Waals surface area contributed by atoms with Crippen molar-refractivity contribution >= 4 is 23.2 Å². The summed E-state index contributed by atoms with van der Waals surface area (Å²) in [5.41, 5.74) is 3.39. The molecule has 1 aromatic heterocycles. The number of hydrogen-bond acceptors (Lipinski definition) is 2. The Morgan fingerprint density at radius 2 is 2.05 bits per heavy atom. The summed E-state index contributed by atoms with van der Waals surface area (Å²) in [6, 6.07) is 5.55. The highest BCUT2D eigenvalue weighted by molar-refractivity contribution is 6.35. The van der Waals surface area contributed by atoms with E-state index in [0.29, 0.717) is 16.6 Å². The second-order valence-corrected chi connectivity index (χ2v) is 5.27. The van der Waals surface area contributed by atoms with Crippen LogP contribution in [0.5, 0.6) is 0 Å². The standard InChI is InChI=1S/C14H17Cl2N3/c1-3-17-7-12-8-18-19(10(12)2)9-11-4-5-13(15)6-14(11)16/h4-6,8,17H,3,7,9H2,1-2H3. The van der Waals surface area contributed by atoms with Crippen molar-refractivity contribution in [2.45, 2.75) is 26.9 Å². The molecule has 0 aliphatic carbocycles. The van der Waals surface area contributed by atoms with E-state index in [-0.39, 0.29) is 0 Å². The Balaban J connectivity index is 2.17. The quantitative estimate of drug-likeness (QED) is 0.913. The van der Waals surface area contributed by atoms with E-state index in [4.69, 9.17) is 23.2 Å². The number of nitrogens with zero attached hydrogens (tertiary/aromatic N) is 2. The van der Waals surface area contributed by atoms with Crippen molar-refractivity contribution in [2.75, 3.05) is 6.54 Å². The van der Waals surface area contributed by atoms with Gasteiger partial charge in [0.05, 0.1) is 12.7 Å². The largest absolute Gasteiger partial charge is 0.313 e. The number of rotatable bonds is 5. The van der Waals surface area contributed by atoms with Crippen molar-refractivity contribution in [3.63, 3.8) is 0 Å². The summed E-state index contributed by atoms with van der Waals surface area (Å²) in [6.07, 6.45) is 1.90. The molecule has 1 N–H and O–H groups in total. The number of aromatic nitrogens is 2. The van der Waals surface area contributed by atoms with Crippen LogP contribution in [0, 0.1) is 6.92 Å². The molecule has 0 saturated heterocycles. The first-order valence-corrected chi connectivity index (χ1v) is 7.03. The predicted molar refractivity (Wildman–Crippen MR) is 79.9 cm³/mol. The molecule has 1 heterocycles. The van der Waals surface area contributed by atoms with Crippen molar-refractivity contribution in [2.24, 2.45) is 0 Å². The fraction of sp³-hybridized carbons (Fsp3) is 0.357. The molecular formula is C14H17Cl2N3. The molecule has 0 fully saturated rings. The highest BCUT2D eigenvalue weighted by atomic mass is 35.5. The molecule has 2 rings (SSSR count). The van der Waals surface area contributed by atoms with Gasteiger partial charge in [-0.1, -0.05) is 36.2 Å². The third-order valence-electron chi connectivity index (χ3n) is 3.11. The SMILES string of the molecule is CCNCc1cnn(Cc2ccc(Cl)cc2Cl)c1C. The Kier molecular flexibility index (Phi) is 4.86. The van der Waals surface area contributed by atoms with E-state index in [1.54, 1.807) is 6.07 Å². The molecule has 0 unspecified atom stereocenters. The summed E-state index contributed by atoms with van der Waals surface area (Å²) < 4.78 is 1.96. The maximum Gasteiger partial charge on any atom is 0.0677 e. The molecular weight excluding hydrogens is 281 g/mol. The van der Waals surface area contributed by atoms with Gasteiger partial charge in [-0.2, -0.15) is 5.10 Å². The summed E-state index contributed by atoms with van der Waals surface area (Å²) in [5, 5.41) is 9.05. The van der Waals surface area contributed by atoms with Crippen LogP contribution in [-0.2, 0) is 13.1 Å². The lowest BCUT2D eigenvalue weighted by Gasteiger charge is -2.08.